The predicted molar refractivity (Wildman–Crippen MR) is 155 cm³/mol. The summed E-state index contributed by atoms with van der Waals surface area (Å²) < 4.78 is 38.4. The third-order valence-electron chi connectivity index (χ3n) is 7.51. The molecule has 41 heavy (non-hydrogen) atoms. The number of fused-ring (bicyclic) bond motifs is 1. The molecule has 0 radical (unpaired) electrons. The fourth-order valence-electron chi connectivity index (χ4n) is 5.21. The number of nitrogens with one attached hydrogen (secondary N) is 3. The number of sulfonamides is 1. The maximum atomic E-state index is 13.0. The van der Waals surface area contributed by atoms with Crippen molar-refractivity contribution in [2.75, 3.05) is 75.5 Å². The summed E-state index contributed by atoms with van der Waals surface area (Å²) in [7, 11) is 1.49. The lowest BCUT2D eigenvalue weighted by atomic mass is 9.95. The standard InChI is InChI=1S/C28H35N7O5S/c1-33-12-14-35(15-13-33)25-8-9-26(40-3)23-10-11-34(18-24(23)25)19-27(36)31-20-4-6-22(7-5-20)41(37,38)32-28-29-16-21(39-2)17-30-28/h4-9,16-17H,10-15,18-19H2,1-3H3,(H,31,36)(H,29,30,32)/p+1. The van der Waals surface area contributed by atoms with Gasteiger partial charge in [0.25, 0.3) is 10.0 Å². The average Bonchev–Trinajstić information content (AvgIpc) is 2.97. The van der Waals surface area contributed by atoms with Gasteiger partial charge in [0.15, 0.2) is 5.75 Å². The van der Waals surface area contributed by atoms with E-state index in [0.717, 1.165) is 44.9 Å². The van der Waals surface area contributed by atoms with E-state index in [1.54, 1.807) is 19.2 Å². The molecule has 2 aliphatic rings. The Morgan fingerprint density at radius 2 is 1.68 bits per heavy atom. The third kappa shape index (κ3) is 6.69. The molecule has 0 spiro atoms. The van der Waals surface area contributed by atoms with Crippen LogP contribution >= 0.6 is 0 Å². The highest BCUT2D eigenvalue weighted by molar-refractivity contribution is 7.92. The lowest BCUT2D eigenvalue weighted by Gasteiger charge is -2.37. The minimum absolute atomic E-state index is 0.0227. The van der Waals surface area contributed by atoms with E-state index in [4.69, 9.17) is 9.47 Å². The molecule has 0 unspecified atom stereocenters. The Morgan fingerprint density at radius 3 is 2.34 bits per heavy atom. The summed E-state index contributed by atoms with van der Waals surface area (Å²) in [5.74, 6) is 1.08. The Kier molecular flexibility index (Phi) is 8.57. The molecule has 3 N–H and O–H groups in total. The number of benzene rings is 2. The first-order valence-electron chi connectivity index (χ1n) is 13.5. The van der Waals surface area contributed by atoms with Crippen molar-refractivity contribution < 1.29 is 27.6 Å². The van der Waals surface area contributed by atoms with Crippen LogP contribution in [0.25, 0.3) is 0 Å². The van der Waals surface area contributed by atoms with Crippen molar-refractivity contribution in [1.29, 1.82) is 0 Å². The molecule has 2 aliphatic heterocycles. The fourth-order valence-corrected chi connectivity index (χ4v) is 6.17. The topological polar surface area (TPSA) is 130 Å². The van der Waals surface area contributed by atoms with Crippen LogP contribution in [0.3, 0.4) is 0 Å². The number of methoxy groups -OCH3 is 2. The van der Waals surface area contributed by atoms with Gasteiger partial charge >= 0.3 is 0 Å². The number of rotatable bonds is 9. The third-order valence-corrected chi connectivity index (χ3v) is 8.85. The Hall–Kier alpha value is -3.94. The van der Waals surface area contributed by atoms with Gasteiger partial charge in [0.1, 0.15) is 5.75 Å². The summed E-state index contributed by atoms with van der Waals surface area (Å²) in [6, 6.07) is 10.2. The first kappa shape index (κ1) is 28.6. The van der Waals surface area contributed by atoms with E-state index in [1.165, 1.54) is 53.4 Å². The fraction of sp³-hybridized carbons (Fsp3) is 0.393. The van der Waals surface area contributed by atoms with E-state index in [9.17, 15) is 13.2 Å². The molecule has 3 heterocycles. The van der Waals surface area contributed by atoms with Crippen LogP contribution in [-0.2, 0) is 27.8 Å². The second-order valence-electron chi connectivity index (χ2n) is 10.3. The number of likely N-dealkylation sites (N-methyl/N-ethyl adjacent to an activating group) is 1. The maximum Gasteiger partial charge on any atom is 0.264 e. The molecule has 1 amide bonds. The van der Waals surface area contributed by atoms with Gasteiger partial charge < -0.3 is 24.6 Å². The number of carbonyl (C=O) groups is 1. The number of hydrogen-bond acceptors (Lipinski definition) is 9. The second kappa shape index (κ2) is 12.3. The first-order chi connectivity index (χ1) is 19.8. The minimum Gasteiger partial charge on any atom is -0.496 e. The van der Waals surface area contributed by atoms with Gasteiger partial charge in [0, 0.05) is 30.0 Å². The molecule has 1 aromatic heterocycles. The maximum absolute atomic E-state index is 13.0. The van der Waals surface area contributed by atoms with Gasteiger partial charge in [-0.15, -0.1) is 0 Å². The zero-order valence-corrected chi connectivity index (χ0v) is 24.3. The molecular formula is C28H36N7O5S+. The highest BCUT2D eigenvalue weighted by Crippen LogP contribution is 2.35. The Morgan fingerprint density at radius 1 is 0.976 bits per heavy atom. The van der Waals surface area contributed by atoms with Gasteiger partial charge in [0.2, 0.25) is 11.9 Å². The minimum atomic E-state index is -3.90. The Balaban J connectivity index is 1.21. The van der Waals surface area contributed by atoms with Crippen LogP contribution in [0.1, 0.15) is 11.1 Å². The molecule has 1 saturated heterocycles. The zero-order valence-electron chi connectivity index (χ0n) is 23.5. The van der Waals surface area contributed by atoms with Crippen molar-refractivity contribution in [3.05, 3.63) is 59.9 Å². The lowest BCUT2D eigenvalue weighted by molar-refractivity contribution is -0.880. The van der Waals surface area contributed by atoms with Crippen LogP contribution in [0, 0.1) is 0 Å². The summed E-state index contributed by atoms with van der Waals surface area (Å²) in [4.78, 5) is 27.0. The molecule has 0 saturated carbocycles. The predicted octanol–water partition coefficient (Wildman–Crippen LogP) is 0.626. The molecule has 2 aromatic carbocycles. The van der Waals surface area contributed by atoms with Gasteiger partial charge in [-0.25, -0.2) is 23.1 Å². The van der Waals surface area contributed by atoms with Crippen molar-refractivity contribution in [3.63, 3.8) is 0 Å². The number of anilines is 3. The molecule has 218 valence electrons. The van der Waals surface area contributed by atoms with E-state index in [1.807, 2.05) is 0 Å². The van der Waals surface area contributed by atoms with E-state index < -0.39 is 10.0 Å². The monoisotopic (exact) mass is 582 g/mol. The lowest BCUT2D eigenvalue weighted by Crippen LogP contribution is -3.12. The first-order valence-corrected chi connectivity index (χ1v) is 15.0. The smallest absolute Gasteiger partial charge is 0.264 e. The number of quaternary nitrogens is 1. The molecule has 0 atom stereocenters. The number of amides is 1. The Bertz CT molecular complexity index is 1470. The summed E-state index contributed by atoms with van der Waals surface area (Å²) in [5, 5.41) is 2.89. The van der Waals surface area contributed by atoms with Gasteiger partial charge in [-0.2, -0.15) is 0 Å². The summed E-state index contributed by atoms with van der Waals surface area (Å²) in [5.41, 5.74) is 4.18. The van der Waals surface area contributed by atoms with E-state index in [0.29, 0.717) is 18.0 Å². The van der Waals surface area contributed by atoms with Crippen molar-refractivity contribution in [3.8, 4) is 11.5 Å². The van der Waals surface area contributed by atoms with Gasteiger partial charge in [-0.1, -0.05) is 0 Å². The number of carbonyl (C=O) groups excluding carboxylic acids is 1. The van der Waals surface area contributed by atoms with Crippen molar-refractivity contribution in [2.24, 2.45) is 0 Å². The number of aromatic nitrogens is 2. The van der Waals surface area contributed by atoms with Crippen molar-refractivity contribution >= 4 is 33.3 Å². The van der Waals surface area contributed by atoms with Crippen LogP contribution in [0.2, 0.25) is 0 Å². The molecule has 12 nitrogen and oxygen atoms in total. The summed E-state index contributed by atoms with van der Waals surface area (Å²) in [6.45, 7) is 5.81. The van der Waals surface area contributed by atoms with Crippen LogP contribution in [-0.4, -0.2) is 89.7 Å². The molecular weight excluding hydrogens is 546 g/mol. The normalized spacial score (nSPS) is 16.1. The SMILES string of the molecule is COc1cnc(NS(=O)(=O)c2ccc(NC(=O)CN3CCc4c(OC)ccc(N5CC[NH+](C)CC5)c4C3)cc2)nc1. The van der Waals surface area contributed by atoms with Crippen LogP contribution in [0.5, 0.6) is 11.5 Å². The number of piperazine rings is 1. The molecule has 1 fully saturated rings. The largest absolute Gasteiger partial charge is 0.496 e. The van der Waals surface area contributed by atoms with Crippen molar-refractivity contribution in [2.45, 2.75) is 17.9 Å². The van der Waals surface area contributed by atoms with Crippen LogP contribution in [0.15, 0.2) is 53.7 Å². The summed E-state index contributed by atoms with van der Waals surface area (Å²) >= 11 is 0. The quantitative estimate of drug-likeness (QED) is 0.333. The molecule has 5 rings (SSSR count). The highest BCUT2D eigenvalue weighted by Gasteiger charge is 2.27. The molecule has 13 heteroatoms. The molecule has 0 aliphatic carbocycles. The molecule has 0 bridgehead atoms. The number of ether oxygens (including phenoxy) is 2. The second-order valence-corrected chi connectivity index (χ2v) is 12.0. The highest BCUT2D eigenvalue weighted by atomic mass is 32.2. The van der Waals surface area contributed by atoms with Gasteiger partial charge in [-0.3, -0.25) is 9.69 Å². The van der Waals surface area contributed by atoms with Crippen LogP contribution < -0.4 is 29.3 Å². The number of nitrogens with zero attached hydrogens (tertiary/aromatic N) is 4. The van der Waals surface area contributed by atoms with Gasteiger partial charge in [-0.05, 0) is 48.4 Å². The van der Waals surface area contributed by atoms with E-state index in [2.05, 4.69) is 49.0 Å². The molecule has 3 aromatic rings. The average molecular weight is 583 g/mol. The number of hydrogen-bond donors (Lipinski definition) is 3. The van der Waals surface area contributed by atoms with Crippen LogP contribution in [0.4, 0.5) is 17.3 Å². The van der Waals surface area contributed by atoms with Crippen molar-refractivity contribution in [1.82, 2.24) is 14.9 Å². The van der Waals surface area contributed by atoms with E-state index in [-0.39, 0.29) is 23.3 Å². The van der Waals surface area contributed by atoms with E-state index >= 15 is 0 Å². The Labute approximate surface area is 240 Å². The zero-order chi connectivity index (χ0) is 29.0. The van der Waals surface area contributed by atoms with Gasteiger partial charge in [0.05, 0.1) is 71.3 Å². The summed E-state index contributed by atoms with van der Waals surface area (Å²) in [6.07, 6.45) is 3.54.